The van der Waals surface area contributed by atoms with Crippen LogP contribution in [0.25, 0.3) is 32.9 Å². The highest BCUT2D eigenvalue weighted by atomic mass is 19.1. The molecule has 3 aromatic carbocycles. The molecule has 4 saturated heterocycles. The molecule has 17 heteroatoms. The summed E-state index contributed by atoms with van der Waals surface area (Å²) in [6, 6.07) is 9.94. The highest BCUT2D eigenvalue weighted by Gasteiger charge is 2.52. The Labute approximate surface area is 422 Å². The number of piperazine rings is 1. The summed E-state index contributed by atoms with van der Waals surface area (Å²) in [6.07, 6.45) is 12.4. The molecule has 4 aliphatic heterocycles. The first kappa shape index (κ1) is 48.3. The third kappa shape index (κ3) is 9.25. The number of halogens is 4. The molecular weight excluding hydrogens is 941 g/mol. The van der Waals surface area contributed by atoms with E-state index < -0.39 is 35.2 Å². The van der Waals surface area contributed by atoms with Gasteiger partial charge >= 0.3 is 6.01 Å². The van der Waals surface area contributed by atoms with Crippen LogP contribution in [-0.2, 0) is 20.7 Å². The average Bonchev–Trinajstić information content (AvgIpc) is 4.07. The number of fused-ring (bicyclic) bond motifs is 4. The minimum Gasteiger partial charge on any atom is -0.468 e. The number of aromatic nitrogens is 3. The van der Waals surface area contributed by atoms with Gasteiger partial charge in [0.15, 0.2) is 12.6 Å². The number of imide groups is 1. The maximum Gasteiger partial charge on any atom is 0.319 e. The van der Waals surface area contributed by atoms with Gasteiger partial charge < -0.3 is 28.9 Å². The molecule has 6 heterocycles. The summed E-state index contributed by atoms with van der Waals surface area (Å²) >= 11 is 0. The number of likely N-dealkylation sites (tertiary alicyclic amines) is 1. The minimum absolute atomic E-state index is 0.00910. The minimum atomic E-state index is -1.01. The number of ether oxygens (including phenoxy) is 3. The van der Waals surface area contributed by atoms with Crippen molar-refractivity contribution in [2.24, 2.45) is 22.7 Å². The Balaban J connectivity index is 0.701. The van der Waals surface area contributed by atoms with Crippen molar-refractivity contribution in [2.75, 3.05) is 89.2 Å². The van der Waals surface area contributed by atoms with Gasteiger partial charge in [-0.3, -0.25) is 24.8 Å². The van der Waals surface area contributed by atoms with E-state index in [4.69, 9.17) is 29.2 Å². The maximum atomic E-state index is 17.5. The summed E-state index contributed by atoms with van der Waals surface area (Å²) in [4.78, 5) is 48.0. The van der Waals surface area contributed by atoms with Crippen LogP contribution in [0.5, 0.6) is 11.8 Å². The van der Waals surface area contributed by atoms with Crippen molar-refractivity contribution in [1.29, 1.82) is 0 Å². The van der Waals surface area contributed by atoms with E-state index in [1.807, 2.05) is 17.9 Å². The molecule has 1 spiro atoms. The number of aryl methyl sites for hydroxylation is 1. The number of hydrogen-bond acceptors (Lipinski definition) is 12. The van der Waals surface area contributed by atoms with Crippen LogP contribution in [0.3, 0.4) is 0 Å². The maximum absolute atomic E-state index is 17.5. The zero-order valence-corrected chi connectivity index (χ0v) is 41.8. The SMILES string of the molecule is CCc1c(F)ccc2cc(OCOC)cc(-c3ncc4c(N5CC6CCC(C6)C5)nc(OCC5(CN6CC7(CCC(N8CCN(c9cc(F)c(C%10CCC(=O)NC%10=O)c(F)c9)CC8)CC7)C6)CC5)nc4c3F)c12. The Morgan fingerprint density at radius 3 is 2.25 bits per heavy atom. The number of piperidine rings is 2. The topological polar surface area (TPSA) is 125 Å². The zero-order valence-electron chi connectivity index (χ0n) is 41.8. The number of hydrogen-bond donors (Lipinski definition) is 1. The fourth-order valence-electron chi connectivity index (χ4n) is 13.7. The van der Waals surface area contributed by atoms with E-state index >= 15 is 17.6 Å². The van der Waals surface area contributed by atoms with Crippen molar-refractivity contribution in [3.63, 3.8) is 0 Å². The second-order valence-corrected chi connectivity index (χ2v) is 22.5. The number of carbonyl (C=O) groups excluding carboxylic acids is 2. The van der Waals surface area contributed by atoms with Crippen LogP contribution in [0.15, 0.2) is 42.6 Å². The number of methoxy groups -OCH3 is 1. The van der Waals surface area contributed by atoms with Crippen LogP contribution >= 0.6 is 0 Å². The first-order valence-electron chi connectivity index (χ1n) is 26.5. The summed E-state index contributed by atoms with van der Waals surface area (Å²) < 4.78 is 81.2. The lowest BCUT2D eigenvalue weighted by Crippen LogP contribution is -2.60. The lowest BCUT2D eigenvalue weighted by Gasteiger charge is -2.55. The molecule has 2 amide bonds. The van der Waals surface area contributed by atoms with Crippen molar-refractivity contribution in [1.82, 2.24) is 30.1 Å². The Kier molecular flexibility index (Phi) is 12.7. The van der Waals surface area contributed by atoms with E-state index in [1.165, 1.54) is 57.4 Å². The van der Waals surface area contributed by atoms with Gasteiger partial charge in [0, 0.05) is 107 Å². The van der Waals surface area contributed by atoms with Gasteiger partial charge in [-0.05, 0) is 135 Å². The number of anilines is 2. The van der Waals surface area contributed by atoms with Crippen LogP contribution < -0.4 is 24.6 Å². The molecule has 3 unspecified atom stereocenters. The Morgan fingerprint density at radius 2 is 1.56 bits per heavy atom. The summed E-state index contributed by atoms with van der Waals surface area (Å²) in [5.74, 6) is -2.34. The summed E-state index contributed by atoms with van der Waals surface area (Å²) in [5.41, 5.74) is 1.58. The van der Waals surface area contributed by atoms with Crippen molar-refractivity contribution in [3.05, 3.63) is 77.0 Å². The van der Waals surface area contributed by atoms with Gasteiger partial charge in [0.05, 0.1) is 17.9 Å². The van der Waals surface area contributed by atoms with Gasteiger partial charge in [-0.1, -0.05) is 13.0 Å². The van der Waals surface area contributed by atoms with E-state index in [9.17, 15) is 9.59 Å². The number of benzene rings is 3. The Hall–Kier alpha value is -5.65. The molecule has 5 aromatic rings. The predicted molar refractivity (Wildman–Crippen MR) is 269 cm³/mol. The van der Waals surface area contributed by atoms with E-state index in [0.29, 0.717) is 94.0 Å². The molecule has 7 fully saturated rings. The molecule has 3 aliphatic carbocycles. The second-order valence-electron chi connectivity index (χ2n) is 22.5. The first-order chi connectivity index (χ1) is 35.4. The van der Waals surface area contributed by atoms with Crippen LogP contribution in [0.4, 0.5) is 29.1 Å². The highest BCUT2D eigenvalue weighted by Crippen LogP contribution is 2.52. The average molecular weight is 1010 g/mol. The molecule has 0 radical (unpaired) electrons. The predicted octanol–water partition coefficient (Wildman–Crippen LogP) is 8.93. The lowest BCUT2D eigenvalue weighted by atomic mass is 9.67. The molecule has 13 nitrogen and oxygen atoms in total. The monoisotopic (exact) mass is 1000 g/mol. The molecule has 3 atom stereocenters. The molecular formula is C56H64F4N8O5. The normalized spacial score (nSPS) is 24.1. The van der Waals surface area contributed by atoms with Crippen molar-refractivity contribution >= 4 is 45.0 Å². The third-order valence-corrected chi connectivity index (χ3v) is 17.6. The standard InChI is InChI=1S/C56H64F4N8O5/c1-3-39-43(57)8-6-35-21-38(73-32-71-2)24-41(47(35)39)50-49(60)51-42(25-61-50)52(68-26-33-4-5-34(20-33)27-68)64-54(63-51)72-31-56(14-15-56)30-65-28-55(29-65)12-10-36(11-13-55)66-16-18-67(19-17-66)37-22-44(58)48(45(59)23-37)40-7-9-46(69)62-53(40)70/h6,8,21-25,33-34,36,40H,3-5,7,9-20,26-32H2,1-2H3,(H,62,69,70). The summed E-state index contributed by atoms with van der Waals surface area (Å²) in [5, 5.41) is 4.02. The van der Waals surface area contributed by atoms with Crippen LogP contribution in [-0.4, -0.2) is 122 Å². The van der Waals surface area contributed by atoms with Gasteiger partial charge in [0.25, 0.3) is 0 Å². The number of pyridine rings is 1. The largest absolute Gasteiger partial charge is 0.468 e. The number of nitrogens with zero attached hydrogens (tertiary/aromatic N) is 7. The third-order valence-electron chi connectivity index (χ3n) is 17.6. The Bertz CT molecular complexity index is 2930. The van der Waals surface area contributed by atoms with Gasteiger partial charge in [-0.15, -0.1) is 0 Å². The number of amides is 2. The fraction of sp³-hybridized carbons (Fsp3) is 0.554. The molecule has 1 N–H and O–H groups in total. The van der Waals surface area contributed by atoms with Crippen LogP contribution in [0, 0.1) is 45.9 Å². The van der Waals surface area contributed by atoms with Gasteiger partial charge in [0.1, 0.15) is 40.2 Å². The molecule has 2 aromatic heterocycles. The number of nitrogens with one attached hydrogen (secondary N) is 1. The highest BCUT2D eigenvalue weighted by molar-refractivity contribution is 6.02. The molecule has 73 heavy (non-hydrogen) atoms. The van der Waals surface area contributed by atoms with Crippen molar-refractivity contribution in [2.45, 2.75) is 95.9 Å². The summed E-state index contributed by atoms with van der Waals surface area (Å²) in [6.45, 7) is 9.98. The molecule has 386 valence electrons. The van der Waals surface area contributed by atoms with E-state index in [-0.39, 0.29) is 53.7 Å². The smallest absolute Gasteiger partial charge is 0.319 e. The second kappa shape index (κ2) is 19.2. The lowest BCUT2D eigenvalue weighted by molar-refractivity contribution is -0.134. The van der Waals surface area contributed by atoms with Crippen molar-refractivity contribution in [3.8, 4) is 23.0 Å². The number of rotatable bonds is 14. The molecule has 7 aliphatic rings. The quantitative estimate of drug-likeness (QED) is 0.0649. The summed E-state index contributed by atoms with van der Waals surface area (Å²) in [7, 11) is 1.53. The van der Waals surface area contributed by atoms with Gasteiger partial charge in [0.2, 0.25) is 11.8 Å². The van der Waals surface area contributed by atoms with E-state index in [1.54, 1.807) is 18.3 Å². The van der Waals surface area contributed by atoms with Crippen molar-refractivity contribution < 1.29 is 41.4 Å². The molecule has 2 bridgehead atoms. The van der Waals surface area contributed by atoms with Crippen LogP contribution in [0.1, 0.15) is 94.6 Å². The van der Waals surface area contributed by atoms with Gasteiger partial charge in [-0.2, -0.15) is 9.97 Å². The molecule has 12 rings (SSSR count). The fourth-order valence-corrected chi connectivity index (χ4v) is 13.7. The van der Waals surface area contributed by atoms with E-state index in [2.05, 4.69) is 20.0 Å². The van der Waals surface area contributed by atoms with Gasteiger partial charge in [-0.25, -0.2) is 17.6 Å². The Morgan fingerprint density at radius 1 is 0.822 bits per heavy atom. The number of carbonyl (C=O) groups is 2. The zero-order chi connectivity index (χ0) is 50.2. The molecule has 3 saturated carbocycles. The van der Waals surface area contributed by atoms with Crippen LogP contribution in [0.2, 0.25) is 0 Å². The first-order valence-corrected chi connectivity index (χ1v) is 26.5. The van der Waals surface area contributed by atoms with E-state index in [0.717, 1.165) is 71.5 Å².